The van der Waals surface area contributed by atoms with Crippen LogP contribution in [-0.4, -0.2) is 8.07 Å². The van der Waals surface area contributed by atoms with E-state index < -0.39 is 8.07 Å². The summed E-state index contributed by atoms with van der Waals surface area (Å²) in [5, 5.41) is 10.5. The molecule has 0 saturated heterocycles. The molecular weight excluding hydrogens is 412 g/mol. The molecule has 0 aliphatic carbocycles. The van der Waals surface area contributed by atoms with Crippen molar-refractivity contribution >= 4 is 45.6 Å². The van der Waals surface area contributed by atoms with E-state index in [1.807, 2.05) is 0 Å². The van der Waals surface area contributed by atoms with E-state index in [-0.39, 0.29) is 10.8 Å². The Balaban J connectivity index is 2.19. The van der Waals surface area contributed by atoms with Gasteiger partial charge in [0.05, 0.1) is 8.07 Å². The summed E-state index contributed by atoms with van der Waals surface area (Å²) in [6.45, 7) is 21.6. The molecule has 1 heteroatoms. The number of rotatable bonds is 8. The van der Waals surface area contributed by atoms with Gasteiger partial charge in [0.2, 0.25) is 0 Å². The van der Waals surface area contributed by atoms with Crippen molar-refractivity contribution in [1.29, 1.82) is 0 Å². The van der Waals surface area contributed by atoms with Gasteiger partial charge in [0.1, 0.15) is 0 Å². The predicted molar refractivity (Wildman–Crippen MR) is 154 cm³/mol. The lowest BCUT2D eigenvalue weighted by Gasteiger charge is -2.33. The van der Waals surface area contributed by atoms with Crippen molar-refractivity contribution in [2.45, 2.75) is 104 Å². The fraction of sp³-hybridized carbons (Fsp3) is 0.500. The predicted octanol–water partition coefficient (Wildman–Crippen LogP) is 9.67. The second-order valence-corrected chi connectivity index (χ2v) is 16.9. The average molecular weight is 457 g/mol. The largest absolute Gasteiger partial charge is 0.0859 e. The molecule has 0 amide bonds. The Morgan fingerprint density at radius 3 is 1.36 bits per heavy atom. The third-order valence-corrected chi connectivity index (χ3v) is 15.2. The van der Waals surface area contributed by atoms with Crippen LogP contribution in [0.4, 0.5) is 0 Å². The van der Waals surface area contributed by atoms with Gasteiger partial charge in [-0.3, -0.25) is 0 Å². The molecule has 0 aliphatic rings. The molecular formula is C32H44Si. The van der Waals surface area contributed by atoms with E-state index in [4.69, 9.17) is 0 Å². The molecule has 0 bridgehead atoms. The third-order valence-electron chi connectivity index (χ3n) is 9.58. The van der Waals surface area contributed by atoms with Crippen molar-refractivity contribution in [1.82, 2.24) is 0 Å². The fourth-order valence-corrected chi connectivity index (χ4v) is 9.73. The second kappa shape index (κ2) is 8.42. The topological polar surface area (TPSA) is 0 Å². The van der Waals surface area contributed by atoms with Crippen LogP contribution in [0.1, 0.15) is 86.3 Å². The van der Waals surface area contributed by atoms with Crippen molar-refractivity contribution in [2.24, 2.45) is 0 Å². The maximum atomic E-state index is 2.58. The molecule has 0 spiro atoms. The molecule has 0 atom stereocenters. The zero-order valence-electron chi connectivity index (χ0n) is 22.6. The van der Waals surface area contributed by atoms with Crippen LogP contribution in [-0.2, 0) is 10.8 Å². The summed E-state index contributed by atoms with van der Waals surface area (Å²) >= 11 is 0. The van der Waals surface area contributed by atoms with E-state index >= 15 is 0 Å². The van der Waals surface area contributed by atoms with Gasteiger partial charge >= 0.3 is 0 Å². The lowest BCUT2D eigenvalue weighted by atomic mass is 9.72. The summed E-state index contributed by atoms with van der Waals surface area (Å²) in [5.41, 5.74) is 3.35. The van der Waals surface area contributed by atoms with Crippen molar-refractivity contribution in [3.63, 3.8) is 0 Å². The Bertz CT molecular complexity index is 1190. The van der Waals surface area contributed by atoms with E-state index in [0.717, 1.165) is 12.8 Å². The van der Waals surface area contributed by atoms with Gasteiger partial charge in [0.15, 0.2) is 0 Å². The maximum absolute atomic E-state index is 2.58. The highest BCUT2D eigenvalue weighted by molar-refractivity contribution is 6.92. The first-order valence-electron chi connectivity index (χ1n) is 13.4. The van der Waals surface area contributed by atoms with Gasteiger partial charge in [-0.05, 0) is 67.1 Å². The third kappa shape index (κ3) is 3.62. The molecule has 0 nitrogen and oxygen atoms in total. The van der Waals surface area contributed by atoms with E-state index in [1.165, 1.54) is 61.6 Å². The van der Waals surface area contributed by atoms with Gasteiger partial charge in [-0.1, -0.05) is 128 Å². The molecule has 0 radical (unpaired) electrons. The van der Waals surface area contributed by atoms with Gasteiger partial charge in [-0.15, -0.1) is 0 Å². The standard InChI is InChI=1S/C32H44Si/c1-10-31(6,7)27-21-28(32(8,9)11-2)26-18-16-23-20-24(33(12-3,13-4)14-5)19-22-15-17-25(27)30(26)29(22)23/h15-21H,10-14H2,1-9H3. The summed E-state index contributed by atoms with van der Waals surface area (Å²) < 4.78 is 0. The molecule has 4 aromatic rings. The molecule has 0 heterocycles. The van der Waals surface area contributed by atoms with Gasteiger partial charge in [-0.25, -0.2) is 0 Å². The molecule has 4 aromatic carbocycles. The van der Waals surface area contributed by atoms with E-state index in [2.05, 4.69) is 105 Å². The quantitative estimate of drug-likeness (QED) is 0.183. The van der Waals surface area contributed by atoms with Crippen LogP contribution in [0.3, 0.4) is 0 Å². The highest BCUT2D eigenvalue weighted by atomic mass is 28.3. The van der Waals surface area contributed by atoms with E-state index in [0.29, 0.717) is 0 Å². The highest BCUT2D eigenvalue weighted by Gasteiger charge is 2.31. The van der Waals surface area contributed by atoms with Crippen molar-refractivity contribution in [2.75, 3.05) is 0 Å². The van der Waals surface area contributed by atoms with Crippen molar-refractivity contribution < 1.29 is 0 Å². The Morgan fingerprint density at radius 2 is 1.00 bits per heavy atom. The second-order valence-electron chi connectivity index (χ2n) is 11.7. The smallest absolute Gasteiger partial charge is 0.0675 e. The summed E-state index contributed by atoms with van der Waals surface area (Å²) in [4.78, 5) is 0. The Kier molecular flexibility index (Phi) is 6.19. The molecule has 0 fully saturated rings. The Hall–Kier alpha value is -1.86. The lowest BCUT2D eigenvalue weighted by molar-refractivity contribution is 0.494. The van der Waals surface area contributed by atoms with E-state index in [9.17, 15) is 0 Å². The van der Waals surface area contributed by atoms with Crippen LogP contribution in [0.2, 0.25) is 18.1 Å². The Labute approximate surface area is 203 Å². The summed E-state index contributed by atoms with van der Waals surface area (Å²) in [6, 6.07) is 21.4. The zero-order chi connectivity index (χ0) is 24.2. The minimum absolute atomic E-state index is 0.154. The first-order chi connectivity index (χ1) is 15.6. The summed E-state index contributed by atoms with van der Waals surface area (Å²) in [5.74, 6) is 0. The van der Waals surface area contributed by atoms with Crippen LogP contribution in [0.25, 0.3) is 32.3 Å². The fourth-order valence-electron chi connectivity index (χ4n) is 6.08. The SMILES string of the molecule is CCC(C)(C)c1cc(C(C)(C)CC)c2ccc3cc([Si](CC)(CC)CC)cc4ccc1c2c43. The van der Waals surface area contributed by atoms with Crippen LogP contribution in [0.15, 0.2) is 42.5 Å². The van der Waals surface area contributed by atoms with Crippen molar-refractivity contribution in [3.8, 4) is 0 Å². The average Bonchev–Trinajstić information content (AvgIpc) is 2.83. The summed E-state index contributed by atoms with van der Waals surface area (Å²) in [6.07, 6.45) is 2.29. The normalized spacial score (nSPS) is 13.6. The molecule has 0 aliphatic heterocycles. The van der Waals surface area contributed by atoms with Crippen molar-refractivity contribution in [3.05, 3.63) is 53.6 Å². The lowest BCUT2D eigenvalue weighted by Crippen LogP contribution is -2.45. The first-order valence-corrected chi connectivity index (χ1v) is 16.0. The van der Waals surface area contributed by atoms with Gasteiger partial charge < -0.3 is 0 Å². The first kappa shape index (κ1) is 24.3. The molecule has 0 aromatic heterocycles. The minimum Gasteiger partial charge on any atom is -0.0675 e. The highest BCUT2D eigenvalue weighted by Crippen LogP contribution is 2.45. The number of hydrogen-bond donors (Lipinski definition) is 0. The van der Waals surface area contributed by atoms with Gasteiger partial charge in [0.25, 0.3) is 0 Å². The number of hydrogen-bond acceptors (Lipinski definition) is 0. The van der Waals surface area contributed by atoms with Crippen LogP contribution in [0.5, 0.6) is 0 Å². The number of benzene rings is 4. The minimum atomic E-state index is -1.43. The monoisotopic (exact) mass is 456 g/mol. The molecule has 0 unspecified atom stereocenters. The summed E-state index contributed by atoms with van der Waals surface area (Å²) in [7, 11) is -1.43. The van der Waals surface area contributed by atoms with Gasteiger partial charge in [-0.2, -0.15) is 0 Å². The van der Waals surface area contributed by atoms with E-state index in [1.54, 1.807) is 5.19 Å². The van der Waals surface area contributed by atoms with Gasteiger partial charge in [0, 0.05) is 0 Å². The van der Waals surface area contributed by atoms with Crippen LogP contribution in [0, 0.1) is 0 Å². The molecule has 0 N–H and O–H groups in total. The Morgan fingerprint density at radius 1 is 0.576 bits per heavy atom. The molecule has 4 rings (SSSR count). The van der Waals surface area contributed by atoms with Crippen LogP contribution >= 0.6 is 0 Å². The molecule has 33 heavy (non-hydrogen) atoms. The van der Waals surface area contributed by atoms with Crippen LogP contribution < -0.4 is 5.19 Å². The molecule has 176 valence electrons. The maximum Gasteiger partial charge on any atom is 0.0859 e. The molecule has 0 saturated carbocycles. The zero-order valence-corrected chi connectivity index (χ0v) is 23.6.